The van der Waals surface area contributed by atoms with Crippen molar-refractivity contribution in [1.29, 1.82) is 0 Å². The number of esters is 1. The number of allylic oxidation sites excluding steroid dienone is 2. The molecule has 4 spiro atoms. The minimum atomic E-state index is -2.29. The summed E-state index contributed by atoms with van der Waals surface area (Å²) >= 11 is 0. The molecule has 11 saturated carbocycles. The second-order valence-electron chi connectivity index (χ2n) is 34.5. The Morgan fingerprint density at radius 3 is 2.33 bits per heavy atom. The van der Waals surface area contributed by atoms with Gasteiger partial charge in [0, 0.05) is 63.0 Å². The molecule has 1 heterocycles. The lowest BCUT2D eigenvalue weighted by Gasteiger charge is -2.75. The van der Waals surface area contributed by atoms with Crippen LogP contribution < -0.4 is 5.32 Å². The van der Waals surface area contributed by atoms with Crippen LogP contribution in [0.25, 0.3) is 0 Å². The van der Waals surface area contributed by atoms with E-state index in [9.17, 15) is 20.1 Å². The second kappa shape index (κ2) is 21.3. The number of hydrogen-bond donors (Lipinski definition) is 7. The van der Waals surface area contributed by atoms with Crippen LogP contribution in [0.5, 0.6) is 0 Å². The topological polar surface area (TPSA) is 177 Å². The van der Waals surface area contributed by atoms with E-state index in [0.29, 0.717) is 62.2 Å². The lowest BCUT2D eigenvalue weighted by molar-refractivity contribution is -0.386. The summed E-state index contributed by atoms with van der Waals surface area (Å²) in [6, 6.07) is 25.2. The van der Waals surface area contributed by atoms with Crippen molar-refractivity contribution in [3.63, 3.8) is 0 Å². The largest absolute Gasteiger partial charge is 0.454 e. The Labute approximate surface area is 545 Å². The number of nitrogens with one attached hydrogen (secondary N) is 1. The monoisotopic (exact) mass is 1240 g/mol. The van der Waals surface area contributed by atoms with Crippen molar-refractivity contribution in [2.24, 2.45) is 98.6 Å². The molecule has 7 N–H and O–H groups in total. The normalized spacial score (nSPS) is 48.1. The van der Waals surface area contributed by atoms with Gasteiger partial charge in [0.2, 0.25) is 0 Å². The molecule has 0 amide bonds. The molecule has 10 heteroatoms. The third kappa shape index (κ3) is 7.94. The van der Waals surface area contributed by atoms with Crippen molar-refractivity contribution in [3.05, 3.63) is 129 Å². The van der Waals surface area contributed by atoms with Crippen LogP contribution in [-0.4, -0.2) is 91.1 Å². The van der Waals surface area contributed by atoms with E-state index in [0.717, 1.165) is 118 Å². The molecule has 488 valence electrons. The minimum Gasteiger partial charge on any atom is -0.454 e. The number of likely N-dealkylation sites (N-methyl/N-ethyl adjacent to an activating group) is 1. The molecule has 10 nitrogen and oxygen atoms in total. The molecule has 0 aromatic heterocycles. The molecule has 1 aliphatic heterocycles. The first kappa shape index (κ1) is 60.0. The standard InChI is InChI=1S/C82H101NO9/c1-83-68-40-61-51(14-8-17-56(61)44-84)24-30-75-29-23-49(42-75)33-48-11-7-18-58(34-48)76(27-5-2-6-28-76)59-19-9-15-52(36-59)53-21-22-65-55(35-53)25-31-77(65)46-79(47-85)69-26-32-78(45-75)71-57(37-63(68)72-64(71)41-70(86)92-72)43-80(78,89)82(69,91)74(88)67-39-62-54(38-66(73(77)87)81(67,79)90)16-10-20-60(62)50-12-3-4-13-50/h7-11,14-19,34,36,41,47,49-50,53-55,57,60,62-63,65-69,71-74,83-84,87-91H,2-6,12-13,20-23,25-29,31-33,35,37-40,42-46H2,1H3. The summed E-state index contributed by atoms with van der Waals surface area (Å²) in [4.78, 5) is 30.4. The Morgan fingerprint density at radius 1 is 0.707 bits per heavy atom. The lowest BCUT2D eigenvalue weighted by Crippen LogP contribution is -2.86. The van der Waals surface area contributed by atoms with Crippen molar-refractivity contribution in [1.82, 2.24) is 5.32 Å². The zero-order valence-corrected chi connectivity index (χ0v) is 54.5. The minimum absolute atomic E-state index is 0.0105. The summed E-state index contributed by atoms with van der Waals surface area (Å²) in [6.07, 6.45) is 27.1. The van der Waals surface area contributed by atoms with E-state index in [-0.39, 0.29) is 72.8 Å². The highest BCUT2D eigenvalue weighted by atomic mass is 16.5. The number of aldehydes is 1. The molecule has 17 aliphatic carbocycles. The summed E-state index contributed by atoms with van der Waals surface area (Å²) in [5.41, 5.74) is -1.38. The van der Waals surface area contributed by atoms with Crippen LogP contribution in [0.4, 0.5) is 0 Å². The van der Waals surface area contributed by atoms with Crippen LogP contribution in [0.2, 0.25) is 0 Å². The second-order valence-corrected chi connectivity index (χ2v) is 34.5. The highest BCUT2D eigenvalue weighted by molar-refractivity contribution is 5.86. The molecule has 18 aliphatic rings. The van der Waals surface area contributed by atoms with Gasteiger partial charge >= 0.3 is 5.97 Å². The first-order valence-electron chi connectivity index (χ1n) is 37.3. The van der Waals surface area contributed by atoms with Crippen LogP contribution in [0, 0.1) is 110 Å². The van der Waals surface area contributed by atoms with E-state index in [1.807, 2.05) is 19.2 Å². The molecular formula is C82H101NO9. The predicted octanol–water partition coefficient (Wildman–Crippen LogP) is 12.1. The number of hydrogen-bond acceptors (Lipinski definition) is 10. The van der Waals surface area contributed by atoms with Crippen molar-refractivity contribution in [3.8, 4) is 11.8 Å². The van der Waals surface area contributed by atoms with Gasteiger partial charge in [0.1, 0.15) is 23.6 Å². The van der Waals surface area contributed by atoms with Gasteiger partial charge in [-0.2, -0.15) is 0 Å². The Morgan fingerprint density at radius 2 is 1.51 bits per heavy atom. The van der Waals surface area contributed by atoms with Gasteiger partial charge in [0.05, 0.1) is 29.8 Å². The zero-order valence-electron chi connectivity index (χ0n) is 54.5. The summed E-state index contributed by atoms with van der Waals surface area (Å²) in [6.45, 7) is -0.141. The fourth-order valence-corrected chi connectivity index (χ4v) is 28.3. The van der Waals surface area contributed by atoms with Gasteiger partial charge in [-0.15, -0.1) is 0 Å². The molecule has 92 heavy (non-hydrogen) atoms. The summed E-state index contributed by atoms with van der Waals surface area (Å²) in [5, 5.41) is 90.0. The maximum Gasteiger partial charge on any atom is 0.331 e. The van der Waals surface area contributed by atoms with Crippen molar-refractivity contribution in [2.45, 2.75) is 239 Å². The van der Waals surface area contributed by atoms with Gasteiger partial charge in [-0.05, 0) is 246 Å². The fraction of sp³-hybridized carbons (Fsp3) is 0.683. The fourth-order valence-electron chi connectivity index (χ4n) is 28.3. The van der Waals surface area contributed by atoms with E-state index < -0.39 is 86.4 Å². The van der Waals surface area contributed by atoms with E-state index in [4.69, 9.17) is 4.74 Å². The number of carbonyl (C=O) groups excluding carboxylic acids is 2. The van der Waals surface area contributed by atoms with Gasteiger partial charge in [0.15, 0.2) is 0 Å². The zero-order chi connectivity index (χ0) is 62.5. The number of aliphatic hydroxyl groups is 6. The average molecular weight is 1240 g/mol. The molecule has 17 bridgehead atoms. The Bertz CT molecular complexity index is 3610. The lowest BCUT2D eigenvalue weighted by atomic mass is 9.32. The van der Waals surface area contributed by atoms with Crippen LogP contribution >= 0.6 is 0 Å². The van der Waals surface area contributed by atoms with Gasteiger partial charge < -0.3 is 45.5 Å². The summed E-state index contributed by atoms with van der Waals surface area (Å²) in [5.74, 6) is 5.69. The first-order chi connectivity index (χ1) is 44.6. The van der Waals surface area contributed by atoms with Crippen LogP contribution in [-0.2, 0) is 39.2 Å². The summed E-state index contributed by atoms with van der Waals surface area (Å²) in [7, 11) is 1.97. The average Bonchev–Trinajstić information content (AvgIpc) is 0.939. The molecule has 24 unspecified atom stereocenters. The number of benzene rings is 3. The first-order valence-corrected chi connectivity index (χ1v) is 37.3. The number of fused-ring (bicyclic) bond motifs is 2. The highest BCUT2D eigenvalue weighted by Crippen LogP contribution is 2.81. The van der Waals surface area contributed by atoms with Crippen molar-refractivity contribution >= 4 is 12.3 Å². The van der Waals surface area contributed by atoms with Gasteiger partial charge in [-0.25, -0.2) is 4.79 Å². The molecule has 21 rings (SSSR count). The van der Waals surface area contributed by atoms with E-state index >= 15 is 20.1 Å². The molecule has 3 aromatic rings. The third-order valence-corrected chi connectivity index (χ3v) is 31.7. The molecule has 11 fully saturated rings. The molecule has 0 saturated heterocycles. The van der Waals surface area contributed by atoms with Crippen molar-refractivity contribution in [2.75, 3.05) is 7.05 Å². The van der Waals surface area contributed by atoms with Gasteiger partial charge in [-0.3, -0.25) is 0 Å². The van der Waals surface area contributed by atoms with E-state index in [1.165, 1.54) is 54.4 Å². The maximum atomic E-state index is 16.0. The number of ether oxygens (including phenoxy) is 1. The van der Waals surface area contributed by atoms with Crippen LogP contribution in [0.15, 0.2) is 90.5 Å². The molecule has 0 radical (unpaired) electrons. The Kier molecular flexibility index (Phi) is 13.9. The van der Waals surface area contributed by atoms with Gasteiger partial charge in [0.25, 0.3) is 0 Å². The number of carbonyl (C=O) groups is 2. The quantitative estimate of drug-likeness (QED) is 0.0576. The summed E-state index contributed by atoms with van der Waals surface area (Å²) < 4.78 is 6.63. The number of rotatable bonds is 4. The van der Waals surface area contributed by atoms with Crippen LogP contribution in [0.3, 0.4) is 0 Å². The molecule has 3 aromatic carbocycles. The van der Waals surface area contributed by atoms with Gasteiger partial charge in [-0.1, -0.05) is 130 Å². The smallest absolute Gasteiger partial charge is 0.331 e. The maximum absolute atomic E-state index is 16.0. The predicted molar refractivity (Wildman–Crippen MR) is 351 cm³/mol. The van der Waals surface area contributed by atoms with Crippen molar-refractivity contribution < 1.29 is 45.0 Å². The van der Waals surface area contributed by atoms with Crippen LogP contribution in [0.1, 0.15) is 212 Å². The van der Waals surface area contributed by atoms with E-state index in [1.54, 1.807) is 6.08 Å². The molecule has 24 atom stereocenters. The Hall–Kier alpha value is -4.44. The highest BCUT2D eigenvalue weighted by Gasteiger charge is 2.88. The molecular weight excluding hydrogens is 1140 g/mol. The van der Waals surface area contributed by atoms with E-state index in [2.05, 4.69) is 83.9 Å². The SMILES string of the molecule is CNC1Cc2c(cccc2CO)C#CC23CCC(Cc4cccc(c4)C4(CCCCC4)c4cccc(c4)C4CCC5C(CCC56CC5(C=O)C7CCC8(C2)C2C9=CC(=O)OC9C1CC2CC8(O)C7(O)C(O)C1CC2C(C=CCC2C2CCCC2)CC(C6O)C15O)C4)C3. The Balaban J connectivity index is 0.878. The number of aliphatic hydroxyl groups excluding tert-OH is 3. The third-order valence-electron chi connectivity index (χ3n) is 31.7.